The number of fused-ring (bicyclic) bond motifs is 1. The SMILES string of the molecule is CCOC(=O)/C(F)=C/Oc1cc2c(cc1SC)N(c1ccccc1)CC(C)(CC)CS2(=O)=O. The highest BCUT2D eigenvalue weighted by atomic mass is 32.2. The molecule has 1 aliphatic rings. The number of hydrogen-bond acceptors (Lipinski definition) is 7. The molecule has 2 aromatic carbocycles. The van der Waals surface area contributed by atoms with E-state index in [-0.39, 0.29) is 23.0 Å². The summed E-state index contributed by atoms with van der Waals surface area (Å²) in [6.45, 7) is 6.07. The van der Waals surface area contributed by atoms with Crippen molar-refractivity contribution >= 4 is 38.9 Å². The summed E-state index contributed by atoms with van der Waals surface area (Å²) >= 11 is 1.33. The lowest BCUT2D eigenvalue weighted by Gasteiger charge is -2.33. The lowest BCUT2D eigenvalue weighted by molar-refractivity contribution is -0.140. The molecular formula is C24H28FNO5S2. The van der Waals surface area contributed by atoms with Gasteiger partial charge < -0.3 is 14.4 Å². The molecule has 0 aromatic heterocycles. The van der Waals surface area contributed by atoms with E-state index >= 15 is 0 Å². The molecule has 0 spiro atoms. The van der Waals surface area contributed by atoms with Gasteiger partial charge in [-0.05, 0) is 43.2 Å². The monoisotopic (exact) mass is 493 g/mol. The van der Waals surface area contributed by atoms with Gasteiger partial charge in [0.2, 0.25) is 5.83 Å². The van der Waals surface area contributed by atoms with Crippen LogP contribution in [0.15, 0.2) is 64.3 Å². The fourth-order valence-electron chi connectivity index (χ4n) is 3.71. The number of nitrogens with zero attached hydrogens (tertiary/aromatic N) is 1. The average molecular weight is 494 g/mol. The molecule has 0 bridgehead atoms. The Balaban J connectivity index is 2.16. The van der Waals surface area contributed by atoms with Gasteiger partial charge in [-0.25, -0.2) is 13.2 Å². The standard InChI is InChI=1S/C24H28FNO5S2/c1-5-24(3)15-26(17-10-8-7-9-11-17)19-12-21(32-4)20(13-22(19)33(28,29)16-24)31-14-18(25)23(27)30-6-2/h7-14H,5-6,15-16H2,1-4H3/b18-14-. The van der Waals surface area contributed by atoms with Crippen LogP contribution in [0.1, 0.15) is 27.2 Å². The third kappa shape index (κ3) is 5.52. The van der Waals surface area contributed by atoms with Crippen LogP contribution in [0, 0.1) is 5.41 Å². The number of carbonyl (C=O) groups excluding carboxylic acids is 1. The lowest BCUT2D eigenvalue weighted by atomic mass is 9.89. The first-order valence-electron chi connectivity index (χ1n) is 10.6. The summed E-state index contributed by atoms with van der Waals surface area (Å²) in [6, 6.07) is 12.8. The summed E-state index contributed by atoms with van der Waals surface area (Å²) < 4.78 is 51.0. The van der Waals surface area contributed by atoms with Crippen molar-refractivity contribution < 1.29 is 27.1 Å². The Kier molecular flexibility index (Phi) is 7.74. The summed E-state index contributed by atoms with van der Waals surface area (Å²) in [5, 5.41) is 0. The fourth-order valence-corrected chi connectivity index (χ4v) is 6.39. The quantitative estimate of drug-likeness (QED) is 0.218. The second-order valence-electron chi connectivity index (χ2n) is 8.12. The predicted octanol–water partition coefficient (Wildman–Crippen LogP) is 5.50. The highest BCUT2D eigenvalue weighted by Gasteiger charge is 2.39. The number of esters is 1. The molecule has 0 saturated carbocycles. The van der Waals surface area contributed by atoms with Gasteiger partial charge in [-0.2, -0.15) is 4.39 Å². The molecule has 1 aliphatic heterocycles. The Labute approximate surface area is 198 Å². The maximum atomic E-state index is 14.0. The van der Waals surface area contributed by atoms with E-state index in [0.717, 1.165) is 5.69 Å². The first kappa shape index (κ1) is 25.1. The van der Waals surface area contributed by atoms with Crippen molar-refractivity contribution in [1.82, 2.24) is 0 Å². The summed E-state index contributed by atoms with van der Waals surface area (Å²) in [7, 11) is -3.69. The number of anilines is 2. The molecule has 0 saturated heterocycles. The molecule has 9 heteroatoms. The smallest absolute Gasteiger partial charge is 0.370 e. The van der Waals surface area contributed by atoms with Crippen LogP contribution in [0.2, 0.25) is 0 Å². The van der Waals surface area contributed by atoms with E-state index in [0.29, 0.717) is 29.8 Å². The van der Waals surface area contributed by atoms with Crippen LogP contribution >= 0.6 is 11.8 Å². The number of benzene rings is 2. The molecule has 0 fully saturated rings. The zero-order valence-electron chi connectivity index (χ0n) is 19.1. The van der Waals surface area contributed by atoms with Crippen molar-refractivity contribution in [2.75, 3.05) is 30.1 Å². The molecule has 2 aromatic rings. The van der Waals surface area contributed by atoms with Gasteiger partial charge in [0, 0.05) is 18.3 Å². The van der Waals surface area contributed by atoms with Crippen molar-refractivity contribution in [1.29, 1.82) is 0 Å². The minimum Gasteiger partial charge on any atom is -0.461 e. The fraction of sp³-hybridized carbons (Fsp3) is 0.375. The zero-order chi connectivity index (χ0) is 24.2. The molecule has 0 radical (unpaired) electrons. The van der Waals surface area contributed by atoms with E-state index in [1.165, 1.54) is 17.8 Å². The van der Waals surface area contributed by atoms with Gasteiger partial charge >= 0.3 is 5.97 Å². The van der Waals surface area contributed by atoms with E-state index in [1.54, 1.807) is 13.0 Å². The molecule has 0 N–H and O–H groups in total. The van der Waals surface area contributed by atoms with Crippen LogP contribution in [0.4, 0.5) is 15.8 Å². The summed E-state index contributed by atoms with van der Waals surface area (Å²) in [5.41, 5.74) is 0.943. The van der Waals surface area contributed by atoms with Gasteiger partial charge in [-0.1, -0.05) is 32.0 Å². The Hall–Kier alpha value is -2.52. The number of carbonyl (C=O) groups is 1. The molecule has 1 atom stereocenters. The molecule has 1 unspecified atom stereocenters. The third-order valence-corrected chi connectivity index (χ3v) is 8.46. The van der Waals surface area contributed by atoms with Crippen molar-refractivity contribution in [3.05, 3.63) is 54.6 Å². The van der Waals surface area contributed by atoms with E-state index in [4.69, 9.17) is 4.74 Å². The minimum atomic E-state index is -3.69. The maximum Gasteiger partial charge on any atom is 0.370 e. The van der Waals surface area contributed by atoms with Gasteiger partial charge in [0.25, 0.3) is 0 Å². The van der Waals surface area contributed by atoms with E-state index in [9.17, 15) is 17.6 Å². The predicted molar refractivity (Wildman–Crippen MR) is 129 cm³/mol. The van der Waals surface area contributed by atoms with Crippen LogP contribution < -0.4 is 9.64 Å². The summed E-state index contributed by atoms with van der Waals surface area (Å²) in [6.07, 6.45) is 3.14. The van der Waals surface area contributed by atoms with Gasteiger partial charge in [-0.3, -0.25) is 0 Å². The molecule has 3 rings (SSSR count). The normalized spacial score (nSPS) is 20.0. The van der Waals surface area contributed by atoms with Gasteiger partial charge in [0.1, 0.15) is 12.0 Å². The second kappa shape index (κ2) is 10.2. The van der Waals surface area contributed by atoms with Gasteiger partial charge in [-0.15, -0.1) is 11.8 Å². The highest BCUT2D eigenvalue weighted by molar-refractivity contribution is 7.98. The Morgan fingerprint density at radius 2 is 1.94 bits per heavy atom. The zero-order valence-corrected chi connectivity index (χ0v) is 20.8. The number of hydrogen-bond donors (Lipinski definition) is 0. The number of thioether (sulfide) groups is 1. The Morgan fingerprint density at radius 1 is 1.24 bits per heavy atom. The number of sulfone groups is 1. The second-order valence-corrected chi connectivity index (χ2v) is 10.9. The molecule has 0 aliphatic carbocycles. The molecule has 33 heavy (non-hydrogen) atoms. The number of rotatable bonds is 7. The van der Waals surface area contributed by atoms with E-state index in [2.05, 4.69) is 4.74 Å². The maximum absolute atomic E-state index is 14.0. The first-order chi connectivity index (χ1) is 15.6. The minimum absolute atomic E-state index is 0.0265. The molecule has 0 amide bonds. The van der Waals surface area contributed by atoms with Crippen LogP contribution in [0.3, 0.4) is 0 Å². The van der Waals surface area contributed by atoms with E-state index in [1.807, 2.05) is 55.3 Å². The van der Waals surface area contributed by atoms with Crippen LogP contribution in [0.25, 0.3) is 0 Å². The number of ether oxygens (including phenoxy) is 2. The van der Waals surface area contributed by atoms with Crippen LogP contribution in [0.5, 0.6) is 5.75 Å². The number of para-hydroxylation sites is 1. The topological polar surface area (TPSA) is 72.9 Å². The van der Waals surface area contributed by atoms with Gasteiger partial charge in [0.05, 0.1) is 27.8 Å². The van der Waals surface area contributed by atoms with Crippen molar-refractivity contribution in [3.63, 3.8) is 0 Å². The summed E-state index contributed by atoms with van der Waals surface area (Å²) in [5.74, 6) is -2.22. The van der Waals surface area contributed by atoms with Crippen molar-refractivity contribution in [2.24, 2.45) is 5.41 Å². The van der Waals surface area contributed by atoms with Gasteiger partial charge in [0.15, 0.2) is 9.84 Å². The van der Waals surface area contributed by atoms with Crippen molar-refractivity contribution in [2.45, 2.75) is 37.0 Å². The molecular weight excluding hydrogens is 465 g/mol. The number of halogens is 1. The average Bonchev–Trinajstić information content (AvgIpc) is 2.89. The lowest BCUT2D eigenvalue weighted by Crippen LogP contribution is -2.35. The summed E-state index contributed by atoms with van der Waals surface area (Å²) in [4.78, 5) is 14.3. The highest BCUT2D eigenvalue weighted by Crippen LogP contribution is 2.45. The van der Waals surface area contributed by atoms with Crippen molar-refractivity contribution in [3.8, 4) is 5.75 Å². The first-order valence-corrected chi connectivity index (χ1v) is 13.5. The largest absolute Gasteiger partial charge is 0.461 e. The Morgan fingerprint density at radius 3 is 2.55 bits per heavy atom. The van der Waals surface area contributed by atoms with Crippen LogP contribution in [-0.2, 0) is 19.4 Å². The molecule has 1 heterocycles. The molecule has 178 valence electrons. The van der Waals surface area contributed by atoms with E-state index < -0.39 is 27.0 Å². The molecule has 6 nitrogen and oxygen atoms in total. The third-order valence-electron chi connectivity index (χ3n) is 5.63. The van der Waals surface area contributed by atoms with Crippen LogP contribution in [-0.4, -0.2) is 39.5 Å². The Bertz CT molecular complexity index is 1150.